The maximum Gasteiger partial charge on any atom is 0.356 e. The van der Waals surface area contributed by atoms with Gasteiger partial charge in [0.2, 0.25) is 0 Å². The van der Waals surface area contributed by atoms with E-state index in [0.717, 1.165) is 19.0 Å². The van der Waals surface area contributed by atoms with E-state index >= 15 is 0 Å². The van der Waals surface area contributed by atoms with E-state index in [9.17, 15) is 9.59 Å². The lowest BCUT2D eigenvalue weighted by Crippen LogP contribution is -2.45. The van der Waals surface area contributed by atoms with Crippen LogP contribution in [0.5, 0.6) is 0 Å². The Balaban J connectivity index is 1.77. The number of carbonyl (C=O) groups excluding carboxylic acids is 1. The number of carbonyl (C=O) groups is 2. The number of aromatic carboxylic acids is 1. The fourth-order valence-electron chi connectivity index (χ4n) is 3.37. The number of aryl methyl sites for hydroxylation is 1. The molecule has 7 heteroatoms. The molecule has 2 heterocycles. The van der Waals surface area contributed by atoms with Gasteiger partial charge in [0.25, 0.3) is 5.91 Å². The molecule has 7 nitrogen and oxygen atoms in total. The number of hydrogen-bond donors (Lipinski definition) is 2. The van der Waals surface area contributed by atoms with Crippen molar-refractivity contribution in [2.75, 3.05) is 19.8 Å². The molecular weight excluding hydrogens is 334 g/mol. The van der Waals surface area contributed by atoms with E-state index in [2.05, 4.69) is 34.3 Å². The van der Waals surface area contributed by atoms with Crippen molar-refractivity contribution in [2.45, 2.75) is 25.2 Å². The summed E-state index contributed by atoms with van der Waals surface area (Å²) in [6.45, 7) is 3.83. The molecule has 2 aromatic rings. The van der Waals surface area contributed by atoms with E-state index < -0.39 is 5.97 Å². The lowest BCUT2D eigenvalue weighted by Gasteiger charge is -2.38. The molecule has 0 aliphatic carbocycles. The SMILES string of the molecule is Cc1ccccc1C1(CNC(=O)c2cnc(C(=O)O)cn2)CCOCC1. The van der Waals surface area contributed by atoms with Crippen LogP contribution in [0, 0.1) is 6.92 Å². The van der Waals surface area contributed by atoms with Gasteiger partial charge in [-0.3, -0.25) is 4.79 Å². The lowest BCUT2D eigenvalue weighted by atomic mass is 9.72. The zero-order valence-electron chi connectivity index (χ0n) is 14.6. The largest absolute Gasteiger partial charge is 0.476 e. The van der Waals surface area contributed by atoms with Crippen molar-refractivity contribution < 1.29 is 19.4 Å². The summed E-state index contributed by atoms with van der Waals surface area (Å²) in [5, 5.41) is 11.8. The molecular formula is C19H21N3O4. The fourth-order valence-corrected chi connectivity index (χ4v) is 3.37. The number of amides is 1. The third kappa shape index (κ3) is 3.72. The number of nitrogens with one attached hydrogen (secondary N) is 1. The normalized spacial score (nSPS) is 16.0. The predicted octanol–water partition coefficient (Wildman–Crippen LogP) is 1.96. The van der Waals surface area contributed by atoms with Crippen molar-refractivity contribution in [3.63, 3.8) is 0 Å². The Hall–Kier alpha value is -2.80. The molecule has 1 aliphatic rings. The first-order chi connectivity index (χ1) is 12.5. The van der Waals surface area contributed by atoms with Crippen LogP contribution in [-0.2, 0) is 10.2 Å². The maximum atomic E-state index is 12.4. The van der Waals surface area contributed by atoms with Gasteiger partial charge in [-0.1, -0.05) is 24.3 Å². The zero-order valence-corrected chi connectivity index (χ0v) is 14.6. The Morgan fingerprint density at radius 3 is 2.42 bits per heavy atom. The molecule has 1 aromatic heterocycles. The first-order valence-corrected chi connectivity index (χ1v) is 8.49. The molecule has 1 amide bonds. The summed E-state index contributed by atoms with van der Waals surface area (Å²) in [4.78, 5) is 30.9. The van der Waals surface area contributed by atoms with Crippen LogP contribution >= 0.6 is 0 Å². The monoisotopic (exact) mass is 355 g/mol. The lowest BCUT2D eigenvalue weighted by molar-refractivity contribution is 0.0484. The van der Waals surface area contributed by atoms with Gasteiger partial charge in [0.15, 0.2) is 5.69 Å². The van der Waals surface area contributed by atoms with Crippen LogP contribution in [0.4, 0.5) is 0 Å². The quantitative estimate of drug-likeness (QED) is 0.850. The average Bonchev–Trinajstić information content (AvgIpc) is 2.67. The molecule has 0 radical (unpaired) electrons. The van der Waals surface area contributed by atoms with Gasteiger partial charge in [0.1, 0.15) is 5.69 Å². The minimum atomic E-state index is -1.18. The number of nitrogens with zero attached hydrogens (tertiary/aromatic N) is 2. The highest BCUT2D eigenvalue weighted by Crippen LogP contribution is 2.36. The zero-order chi connectivity index (χ0) is 18.6. The molecule has 3 rings (SSSR count). The van der Waals surface area contributed by atoms with Crippen molar-refractivity contribution in [3.8, 4) is 0 Å². The molecule has 1 aromatic carbocycles. The van der Waals surface area contributed by atoms with Crippen LogP contribution in [-0.4, -0.2) is 46.7 Å². The Labute approximate surface area is 151 Å². The molecule has 0 unspecified atom stereocenters. The van der Waals surface area contributed by atoms with E-state index in [1.807, 2.05) is 12.1 Å². The summed E-state index contributed by atoms with van der Waals surface area (Å²) in [6, 6.07) is 8.19. The molecule has 2 N–H and O–H groups in total. The molecule has 0 bridgehead atoms. The average molecular weight is 355 g/mol. The third-order valence-electron chi connectivity index (χ3n) is 4.86. The molecule has 1 fully saturated rings. The van der Waals surface area contributed by atoms with Crippen LogP contribution in [0.15, 0.2) is 36.7 Å². The third-order valence-corrected chi connectivity index (χ3v) is 4.86. The maximum absolute atomic E-state index is 12.4. The number of benzene rings is 1. The molecule has 0 atom stereocenters. The van der Waals surface area contributed by atoms with E-state index in [-0.39, 0.29) is 22.7 Å². The molecule has 1 aliphatic heterocycles. The second-order valence-corrected chi connectivity index (χ2v) is 6.48. The molecule has 26 heavy (non-hydrogen) atoms. The van der Waals surface area contributed by atoms with Crippen LogP contribution in [0.2, 0.25) is 0 Å². The highest BCUT2D eigenvalue weighted by molar-refractivity contribution is 5.92. The van der Waals surface area contributed by atoms with Crippen LogP contribution < -0.4 is 5.32 Å². The van der Waals surface area contributed by atoms with Gasteiger partial charge in [-0.2, -0.15) is 0 Å². The number of aromatic nitrogens is 2. The van der Waals surface area contributed by atoms with Crippen molar-refractivity contribution >= 4 is 11.9 Å². The van der Waals surface area contributed by atoms with E-state index in [1.54, 1.807) is 0 Å². The Kier molecular flexibility index (Phi) is 5.27. The van der Waals surface area contributed by atoms with E-state index in [1.165, 1.54) is 17.3 Å². The Bertz CT molecular complexity index is 799. The van der Waals surface area contributed by atoms with Crippen molar-refractivity contribution in [1.29, 1.82) is 0 Å². The van der Waals surface area contributed by atoms with Crippen LogP contribution in [0.1, 0.15) is 44.9 Å². The minimum Gasteiger partial charge on any atom is -0.476 e. The van der Waals surface area contributed by atoms with Crippen LogP contribution in [0.3, 0.4) is 0 Å². The smallest absolute Gasteiger partial charge is 0.356 e. The number of hydrogen-bond acceptors (Lipinski definition) is 5. The molecule has 136 valence electrons. The van der Waals surface area contributed by atoms with Gasteiger partial charge >= 0.3 is 5.97 Å². The number of carboxylic acids is 1. The topological polar surface area (TPSA) is 101 Å². The summed E-state index contributed by atoms with van der Waals surface area (Å²) in [6.07, 6.45) is 3.91. The van der Waals surface area contributed by atoms with Crippen molar-refractivity contribution in [1.82, 2.24) is 15.3 Å². The van der Waals surface area contributed by atoms with E-state index in [0.29, 0.717) is 19.8 Å². The van der Waals surface area contributed by atoms with Gasteiger partial charge in [0.05, 0.1) is 12.4 Å². The first-order valence-electron chi connectivity index (χ1n) is 8.49. The summed E-state index contributed by atoms with van der Waals surface area (Å²) >= 11 is 0. The fraction of sp³-hybridized carbons (Fsp3) is 0.368. The highest BCUT2D eigenvalue weighted by Gasteiger charge is 2.36. The first kappa shape index (κ1) is 18.0. The summed E-state index contributed by atoms with van der Waals surface area (Å²) in [5.74, 6) is -1.54. The highest BCUT2D eigenvalue weighted by atomic mass is 16.5. The molecule has 0 spiro atoms. The summed E-state index contributed by atoms with van der Waals surface area (Å²) < 4.78 is 5.52. The standard InChI is InChI=1S/C19H21N3O4/c1-13-4-2-3-5-14(13)19(6-8-26-9-7-19)12-22-17(23)15-10-21-16(11-20-15)18(24)25/h2-5,10-11H,6-9,12H2,1H3,(H,22,23)(H,24,25). The number of ether oxygens (including phenoxy) is 1. The number of rotatable bonds is 5. The van der Waals surface area contributed by atoms with Crippen molar-refractivity contribution in [2.24, 2.45) is 0 Å². The Morgan fingerprint density at radius 1 is 1.15 bits per heavy atom. The minimum absolute atomic E-state index is 0.0991. The molecule has 0 saturated carbocycles. The number of carboxylic acid groups (broad SMARTS) is 1. The summed E-state index contributed by atoms with van der Waals surface area (Å²) in [7, 11) is 0. The van der Waals surface area contributed by atoms with Crippen LogP contribution in [0.25, 0.3) is 0 Å². The second-order valence-electron chi connectivity index (χ2n) is 6.48. The van der Waals surface area contributed by atoms with Crippen molar-refractivity contribution in [3.05, 3.63) is 59.2 Å². The van der Waals surface area contributed by atoms with Gasteiger partial charge in [-0.05, 0) is 30.9 Å². The second kappa shape index (κ2) is 7.61. The Morgan fingerprint density at radius 2 is 1.81 bits per heavy atom. The van der Waals surface area contributed by atoms with Gasteiger partial charge in [0, 0.05) is 25.2 Å². The summed E-state index contributed by atoms with van der Waals surface area (Å²) in [5.41, 5.74) is 2.13. The van der Waals surface area contributed by atoms with Gasteiger partial charge in [-0.15, -0.1) is 0 Å². The van der Waals surface area contributed by atoms with E-state index in [4.69, 9.17) is 9.84 Å². The molecule has 1 saturated heterocycles. The van der Waals surface area contributed by atoms with Gasteiger partial charge in [-0.25, -0.2) is 14.8 Å². The predicted molar refractivity (Wildman–Crippen MR) is 94.2 cm³/mol. The van der Waals surface area contributed by atoms with Gasteiger partial charge < -0.3 is 15.2 Å².